The molecule has 0 spiro atoms. The molecule has 1 aromatic carbocycles. The van der Waals surface area contributed by atoms with E-state index in [1.54, 1.807) is 4.90 Å². The molecule has 142 valence electrons. The van der Waals surface area contributed by atoms with E-state index in [1.807, 2.05) is 19.1 Å². The maximum absolute atomic E-state index is 12.4. The standard InChI is InChI=1S/C20H30N4O2/c1-16-3-5-17(6-4-16)14-24-15-18(13-19(24)25)20(26)22-7-2-10-23-11-8-21-9-12-23/h3-6,18,21H,2,7-15H2,1H3,(H,22,26). The van der Waals surface area contributed by atoms with Crippen LogP contribution in [-0.2, 0) is 16.1 Å². The molecule has 0 aromatic heterocycles. The molecule has 6 nitrogen and oxygen atoms in total. The van der Waals surface area contributed by atoms with Gasteiger partial charge in [-0.2, -0.15) is 0 Å². The highest BCUT2D eigenvalue weighted by molar-refractivity contribution is 5.89. The molecule has 3 rings (SSSR count). The van der Waals surface area contributed by atoms with Crippen LogP contribution in [0, 0.1) is 12.8 Å². The van der Waals surface area contributed by atoms with Gasteiger partial charge in [-0.3, -0.25) is 9.59 Å². The topological polar surface area (TPSA) is 64.7 Å². The fraction of sp³-hybridized carbons (Fsp3) is 0.600. The molecular weight excluding hydrogens is 328 g/mol. The van der Waals surface area contributed by atoms with E-state index < -0.39 is 0 Å². The number of rotatable bonds is 7. The Morgan fingerprint density at radius 1 is 1.23 bits per heavy atom. The maximum atomic E-state index is 12.4. The van der Waals surface area contributed by atoms with Gasteiger partial charge in [0.25, 0.3) is 0 Å². The van der Waals surface area contributed by atoms with Crippen LogP contribution in [0.1, 0.15) is 24.0 Å². The van der Waals surface area contributed by atoms with Gasteiger partial charge < -0.3 is 20.4 Å². The van der Waals surface area contributed by atoms with Crippen LogP contribution in [0.2, 0.25) is 0 Å². The van der Waals surface area contributed by atoms with Gasteiger partial charge in [0.05, 0.1) is 5.92 Å². The lowest BCUT2D eigenvalue weighted by atomic mass is 10.1. The van der Waals surface area contributed by atoms with Crippen LogP contribution in [-0.4, -0.2) is 67.4 Å². The Balaban J connectivity index is 1.38. The summed E-state index contributed by atoms with van der Waals surface area (Å²) in [6, 6.07) is 8.20. The smallest absolute Gasteiger partial charge is 0.225 e. The van der Waals surface area contributed by atoms with Crippen molar-refractivity contribution in [2.75, 3.05) is 45.8 Å². The number of hydrogen-bond donors (Lipinski definition) is 2. The van der Waals surface area contributed by atoms with E-state index in [1.165, 1.54) is 5.56 Å². The van der Waals surface area contributed by atoms with Gasteiger partial charge in [-0.15, -0.1) is 0 Å². The fourth-order valence-electron chi connectivity index (χ4n) is 3.61. The predicted molar refractivity (Wildman–Crippen MR) is 102 cm³/mol. The van der Waals surface area contributed by atoms with E-state index in [2.05, 4.69) is 27.7 Å². The molecule has 6 heteroatoms. The molecule has 2 heterocycles. The molecule has 1 aromatic rings. The summed E-state index contributed by atoms with van der Waals surface area (Å²) >= 11 is 0. The Bertz CT molecular complexity index is 611. The Hall–Kier alpha value is -1.92. The summed E-state index contributed by atoms with van der Waals surface area (Å²) in [7, 11) is 0. The molecule has 2 N–H and O–H groups in total. The van der Waals surface area contributed by atoms with Crippen molar-refractivity contribution in [2.24, 2.45) is 5.92 Å². The molecule has 26 heavy (non-hydrogen) atoms. The highest BCUT2D eigenvalue weighted by Gasteiger charge is 2.33. The van der Waals surface area contributed by atoms with E-state index in [9.17, 15) is 9.59 Å². The number of carbonyl (C=O) groups is 2. The second kappa shape index (κ2) is 9.14. The third-order valence-corrected chi connectivity index (χ3v) is 5.24. The molecule has 0 bridgehead atoms. The van der Waals surface area contributed by atoms with Crippen molar-refractivity contribution < 1.29 is 9.59 Å². The number of aryl methyl sites for hydroxylation is 1. The minimum Gasteiger partial charge on any atom is -0.356 e. The first-order chi connectivity index (χ1) is 12.6. The molecule has 2 amide bonds. The number of benzene rings is 1. The number of amides is 2. The molecule has 0 radical (unpaired) electrons. The van der Waals surface area contributed by atoms with Gasteiger partial charge in [0, 0.05) is 52.2 Å². The molecule has 2 aliphatic heterocycles. The molecule has 1 atom stereocenters. The van der Waals surface area contributed by atoms with Gasteiger partial charge in [0.1, 0.15) is 0 Å². The van der Waals surface area contributed by atoms with Crippen molar-refractivity contribution >= 4 is 11.8 Å². The van der Waals surface area contributed by atoms with Crippen LogP contribution < -0.4 is 10.6 Å². The lowest BCUT2D eigenvalue weighted by Gasteiger charge is -2.27. The summed E-state index contributed by atoms with van der Waals surface area (Å²) in [4.78, 5) is 28.8. The summed E-state index contributed by atoms with van der Waals surface area (Å²) in [5, 5.41) is 6.36. The number of likely N-dealkylation sites (tertiary alicyclic amines) is 1. The minimum absolute atomic E-state index is 0.0186. The number of hydrogen-bond acceptors (Lipinski definition) is 4. The van der Waals surface area contributed by atoms with Crippen molar-refractivity contribution in [1.29, 1.82) is 0 Å². The second-order valence-corrected chi connectivity index (χ2v) is 7.40. The van der Waals surface area contributed by atoms with Gasteiger partial charge in [-0.05, 0) is 25.5 Å². The van der Waals surface area contributed by atoms with Gasteiger partial charge >= 0.3 is 0 Å². The first-order valence-corrected chi connectivity index (χ1v) is 9.66. The van der Waals surface area contributed by atoms with E-state index >= 15 is 0 Å². The van der Waals surface area contributed by atoms with Crippen LogP contribution >= 0.6 is 0 Å². The predicted octanol–water partition coefficient (Wildman–Crippen LogP) is 0.755. The first kappa shape index (κ1) is 18.9. The molecule has 2 fully saturated rings. The average molecular weight is 358 g/mol. The largest absolute Gasteiger partial charge is 0.356 e. The van der Waals surface area contributed by atoms with E-state index in [-0.39, 0.29) is 17.7 Å². The Kier molecular flexibility index (Phi) is 6.63. The van der Waals surface area contributed by atoms with Crippen LogP contribution in [0.15, 0.2) is 24.3 Å². The van der Waals surface area contributed by atoms with Gasteiger partial charge in [-0.25, -0.2) is 0 Å². The third-order valence-electron chi connectivity index (χ3n) is 5.24. The Labute approximate surface area is 155 Å². The van der Waals surface area contributed by atoms with Gasteiger partial charge in [0.15, 0.2) is 0 Å². The van der Waals surface area contributed by atoms with E-state index in [4.69, 9.17) is 0 Å². The van der Waals surface area contributed by atoms with Crippen LogP contribution in [0.25, 0.3) is 0 Å². The summed E-state index contributed by atoms with van der Waals surface area (Å²) in [6.07, 6.45) is 1.29. The highest BCUT2D eigenvalue weighted by Crippen LogP contribution is 2.20. The molecule has 1 unspecified atom stereocenters. The van der Waals surface area contributed by atoms with Crippen molar-refractivity contribution in [2.45, 2.75) is 26.3 Å². The second-order valence-electron chi connectivity index (χ2n) is 7.40. The van der Waals surface area contributed by atoms with Crippen LogP contribution in [0.3, 0.4) is 0 Å². The number of nitrogens with one attached hydrogen (secondary N) is 2. The van der Waals surface area contributed by atoms with Gasteiger partial charge in [0.2, 0.25) is 11.8 Å². The zero-order valence-electron chi connectivity index (χ0n) is 15.7. The lowest BCUT2D eigenvalue weighted by molar-refractivity contribution is -0.129. The number of piperazine rings is 1. The quantitative estimate of drug-likeness (QED) is 0.706. The summed E-state index contributed by atoms with van der Waals surface area (Å²) in [6.45, 7) is 9.13. The normalized spacial score (nSPS) is 21.2. The summed E-state index contributed by atoms with van der Waals surface area (Å²) in [5.41, 5.74) is 2.32. The van der Waals surface area contributed by atoms with Crippen LogP contribution in [0.4, 0.5) is 0 Å². The Morgan fingerprint density at radius 2 is 1.96 bits per heavy atom. The highest BCUT2D eigenvalue weighted by atomic mass is 16.2. The van der Waals surface area contributed by atoms with Crippen molar-refractivity contribution in [3.05, 3.63) is 35.4 Å². The summed E-state index contributed by atoms with van der Waals surface area (Å²) < 4.78 is 0. The summed E-state index contributed by atoms with van der Waals surface area (Å²) in [5.74, 6) is -0.122. The van der Waals surface area contributed by atoms with E-state index in [0.29, 0.717) is 26.1 Å². The van der Waals surface area contributed by atoms with E-state index in [0.717, 1.165) is 44.7 Å². The fourth-order valence-corrected chi connectivity index (χ4v) is 3.61. The minimum atomic E-state index is -0.216. The molecule has 2 saturated heterocycles. The zero-order valence-corrected chi connectivity index (χ0v) is 15.7. The molecule has 0 aliphatic carbocycles. The Morgan fingerprint density at radius 3 is 2.69 bits per heavy atom. The number of nitrogens with zero attached hydrogens (tertiary/aromatic N) is 2. The number of carbonyl (C=O) groups excluding carboxylic acids is 2. The molecular formula is C20H30N4O2. The third kappa shape index (κ3) is 5.29. The van der Waals surface area contributed by atoms with Crippen LogP contribution in [0.5, 0.6) is 0 Å². The lowest BCUT2D eigenvalue weighted by Crippen LogP contribution is -2.44. The molecule has 0 saturated carbocycles. The first-order valence-electron chi connectivity index (χ1n) is 9.66. The maximum Gasteiger partial charge on any atom is 0.225 e. The average Bonchev–Trinajstić information content (AvgIpc) is 3.02. The zero-order chi connectivity index (χ0) is 18.4. The van der Waals surface area contributed by atoms with Crippen molar-refractivity contribution in [3.63, 3.8) is 0 Å². The molecule has 2 aliphatic rings. The van der Waals surface area contributed by atoms with Crippen molar-refractivity contribution in [1.82, 2.24) is 20.4 Å². The SMILES string of the molecule is Cc1ccc(CN2CC(C(=O)NCCCN3CCNCC3)CC2=O)cc1. The van der Waals surface area contributed by atoms with Crippen molar-refractivity contribution in [3.8, 4) is 0 Å². The monoisotopic (exact) mass is 358 g/mol. The van der Waals surface area contributed by atoms with Gasteiger partial charge in [-0.1, -0.05) is 29.8 Å².